The molecule has 0 aromatic heterocycles. The van der Waals surface area contributed by atoms with E-state index in [0.717, 1.165) is 18.0 Å². The van der Waals surface area contributed by atoms with Gasteiger partial charge in [0.05, 0.1) is 23.7 Å². The summed E-state index contributed by atoms with van der Waals surface area (Å²) in [7, 11) is 0. The fourth-order valence-corrected chi connectivity index (χ4v) is 4.43. The number of morpholine rings is 1. The maximum atomic E-state index is 13.4. The molecule has 0 radical (unpaired) electrons. The smallest absolute Gasteiger partial charge is 0.268 e. The van der Waals surface area contributed by atoms with Crippen LogP contribution in [0, 0.1) is 5.82 Å². The largest absolute Gasteiger partial charge is 0.379 e. The second kappa shape index (κ2) is 8.90. The molecular weight excluding hydrogens is 391 g/mol. The average molecular weight is 412 g/mol. The highest BCUT2D eigenvalue weighted by atomic mass is 32.2. The first-order valence-electron chi connectivity index (χ1n) is 9.53. The van der Waals surface area contributed by atoms with Crippen LogP contribution in [0.5, 0.6) is 0 Å². The summed E-state index contributed by atoms with van der Waals surface area (Å²) in [5.41, 5.74) is 0.892. The first-order chi connectivity index (χ1) is 14.1. The molecule has 0 N–H and O–H groups in total. The van der Waals surface area contributed by atoms with Gasteiger partial charge in [0.1, 0.15) is 5.82 Å². The van der Waals surface area contributed by atoms with E-state index in [0.29, 0.717) is 42.3 Å². The average Bonchev–Trinajstić information content (AvgIpc) is 2.98. The lowest BCUT2D eigenvalue weighted by molar-refractivity contribution is -0.136. The van der Waals surface area contributed by atoms with Crippen molar-refractivity contribution in [3.05, 3.63) is 70.9 Å². The molecule has 1 saturated heterocycles. The van der Waals surface area contributed by atoms with Crippen molar-refractivity contribution in [3.63, 3.8) is 0 Å². The van der Waals surface area contributed by atoms with Gasteiger partial charge in [0.2, 0.25) is 0 Å². The van der Waals surface area contributed by atoms with Crippen molar-refractivity contribution in [2.45, 2.75) is 4.90 Å². The molecule has 2 aromatic rings. The van der Waals surface area contributed by atoms with Crippen LogP contribution < -0.4 is 0 Å². The van der Waals surface area contributed by atoms with E-state index in [1.165, 1.54) is 28.8 Å². The molecule has 0 aliphatic carbocycles. The molecule has 5 nitrogen and oxygen atoms in total. The van der Waals surface area contributed by atoms with Crippen LogP contribution in [0.2, 0.25) is 0 Å². The van der Waals surface area contributed by atoms with Crippen LogP contribution in [0.1, 0.15) is 5.56 Å². The van der Waals surface area contributed by atoms with Crippen LogP contribution in [-0.2, 0) is 14.3 Å². The normalized spacial score (nSPS) is 18.0. The number of nitrogens with zero attached hydrogens (tertiary/aromatic N) is 2. The molecular formula is C22H21FN2O3S. The van der Waals surface area contributed by atoms with Gasteiger partial charge in [-0.25, -0.2) is 4.39 Å². The number of rotatable bonds is 6. The summed E-state index contributed by atoms with van der Waals surface area (Å²) >= 11 is 1.28. The number of imide groups is 1. The van der Waals surface area contributed by atoms with Gasteiger partial charge in [0, 0.05) is 31.1 Å². The van der Waals surface area contributed by atoms with Crippen LogP contribution in [0.3, 0.4) is 0 Å². The van der Waals surface area contributed by atoms with Gasteiger partial charge in [0.15, 0.2) is 0 Å². The first kappa shape index (κ1) is 19.8. The zero-order chi connectivity index (χ0) is 20.2. The Morgan fingerprint density at radius 3 is 2.28 bits per heavy atom. The van der Waals surface area contributed by atoms with Crippen molar-refractivity contribution in [1.29, 1.82) is 0 Å². The quantitative estimate of drug-likeness (QED) is 0.683. The number of benzene rings is 2. The van der Waals surface area contributed by atoms with Crippen molar-refractivity contribution in [2.24, 2.45) is 0 Å². The molecule has 2 heterocycles. The maximum absolute atomic E-state index is 13.4. The third-order valence-corrected chi connectivity index (χ3v) is 6.06. The van der Waals surface area contributed by atoms with E-state index in [-0.39, 0.29) is 17.6 Å². The standard InChI is InChI=1S/C22H21FN2O3S/c23-17-8-6-16(7-9-17)19-20(29-18-4-2-1-3-5-18)22(27)25(21(19)26)11-10-24-12-14-28-15-13-24/h1-9H,10-15H2. The van der Waals surface area contributed by atoms with Crippen LogP contribution in [0.15, 0.2) is 64.4 Å². The Balaban J connectivity index is 1.61. The van der Waals surface area contributed by atoms with Gasteiger partial charge in [0.25, 0.3) is 11.8 Å². The van der Waals surface area contributed by atoms with E-state index in [1.807, 2.05) is 30.3 Å². The van der Waals surface area contributed by atoms with E-state index < -0.39 is 0 Å². The number of hydrogen-bond acceptors (Lipinski definition) is 5. The Kier molecular flexibility index (Phi) is 6.08. The molecule has 0 spiro atoms. The number of carbonyl (C=O) groups excluding carboxylic acids is 2. The van der Waals surface area contributed by atoms with Crippen molar-refractivity contribution in [1.82, 2.24) is 9.80 Å². The Bertz CT molecular complexity index is 925. The third-order valence-electron chi connectivity index (χ3n) is 4.97. The Hall–Kier alpha value is -2.48. The predicted octanol–water partition coefficient (Wildman–Crippen LogP) is 3.03. The van der Waals surface area contributed by atoms with E-state index >= 15 is 0 Å². The molecule has 2 aliphatic heterocycles. The Morgan fingerprint density at radius 1 is 0.897 bits per heavy atom. The molecule has 2 aromatic carbocycles. The fourth-order valence-electron chi connectivity index (χ4n) is 3.40. The number of halogens is 1. The lowest BCUT2D eigenvalue weighted by atomic mass is 10.1. The van der Waals surface area contributed by atoms with E-state index in [1.54, 1.807) is 12.1 Å². The topological polar surface area (TPSA) is 49.9 Å². The number of carbonyl (C=O) groups is 2. The van der Waals surface area contributed by atoms with Gasteiger partial charge in [-0.2, -0.15) is 0 Å². The first-order valence-corrected chi connectivity index (χ1v) is 10.3. The van der Waals surface area contributed by atoms with E-state index in [2.05, 4.69) is 4.90 Å². The van der Waals surface area contributed by atoms with Gasteiger partial charge in [-0.3, -0.25) is 19.4 Å². The zero-order valence-corrected chi connectivity index (χ0v) is 16.7. The summed E-state index contributed by atoms with van der Waals surface area (Å²) < 4.78 is 18.7. The molecule has 2 amide bonds. The summed E-state index contributed by atoms with van der Waals surface area (Å²) in [5, 5.41) is 0. The molecule has 2 aliphatic rings. The van der Waals surface area contributed by atoms with Gasteiger partial charge < -0.3 is 4.74 Å². The fraction of sp³-hybridized carbons (Fsp3) is 0.273. The molecule has 0 saturated carbocycles. The lowest BCUT2D eigenvalue weighted by Gasteiger charge is -2.28. The van der Waals surface area contributed by atoms with Crippen molar-refractivity contribution >= 4 is 29.1 Å². The minimum Gasteiger partial charge on any atom is -0.379 e. The minimum atomic E-state index is -0.382. The second-order valence-electron chi connectivity index (χ2n) is 6.84. The number of ether oxygens (including phenoxy) is 1. The van der Waals surface area contributed by atoms with E-state index in [4.69, 9.17) is 4.74 Å². The molecule has 1 fully saturated rings. The zero-order valence-electron chi connectivity index (χ0n) is 15.8. The van der Waals surface area contributed by atoms with Gasteiger partial charge in [-0.05, 0) is 29.8 Å². The highest BCUT2D eigenvalue weighted by Gasteiger charge is 2.39. The predicted molar refractivity (Wildman–Crippen MR) is 110 cm³/mol. The van der Waals surface area contributed by atoms with Crippen molar-refractivity contribution < 1.29 is 18.7 Å². The second-order valence-corrected chi connectivity index (χ2v) is 7.93. The minimum absolute atomic E-state index is 0.295. The molecule has 0 bridgehead atoms. The van der Waals surface area contributed by atoms with Crippen LogP contribution in [0.25, 0.3) is 5.57 Å². The summed E-state index contributed by atoms with van der Waals surface area (Å²) in [6, 6.07) is 15.2. The molecule has 7 heteroatoms. The molecule has 0 atom stereocenters. The molecule has 150 valence electrons. The van der Waals surface area contributed by atoms with Crippen LogP contribution >= 0.6 is 11.8 Å². The molecule has 4 rings (SSSR count). The monoisotopic (exact) mass is 412 g/mol. The SMILES string of the molecule is O=C1C(Sc2ccccc2)=C(c2ccc(F)cc2)C(=O)N1CCN1CCOCC1. The van der Waals surface area contributed by atoms with Gasteiger partial charge in [-0.1, -0.05) is 42.1 Å². The van der Waals surface area contributed by atoms with E-state index in [9.17, 15) is 14.0 Å². The molecule has 29 heavy (non-hydrogen) atoms. The number of hydrogen-bond donors (Lipinski definition) is 0. The number of amides is 2. The summed E-state index contributed by atoms with van der Waals surface area (Å²) in [4.78, 5) is 31.1. The highest BCUT2D eigenvalue weighted by Crippen LogP contribution is 2.39. The number of thioether (sulfide) groups is 1. The Morgan fingerprint density at radius 2 is 1.59 bits per heavy atom. The summed E-state index contributed by atoms with van der Waals surface area (Å²) in [6.07, 6.45) is 0. The molecule has 0 unspecified atom stereocenters. The lowest BCUT2D eigenvalue weighted by Crippen LogP contribution is -2.43. The Labute approximate surface area is 173 Å². The van der Waals surface area contributed by atoms with Crippen molar-refractivity contribution in [3.8, 4) is 0 Å². The van der Waals surface area contributed by atoms with Crippen molar-refractivity contribution in [2.75, 3.05) is 39.4 Å². The maximum Gasteiger partial charge on any atom is 0.268 e. The third kappa shape index (κ3) is 4.42. The summed E-state index contributed by atoms with van der Waals surface area (Å²) in [6.45, 7) is 3.84. The highest BCUT2D eigenvalue weighted by molar-refractivity contribution is 8.04. The van der Waals surface area contributed by atoms with Gasteiger partial charge in [-0.15, -0.1) is 0 Å². The van der Waals surface area contributed by atoms with Gasteiger partial charge >= 0.3 is 0 Å². The summed E-state index contributed by atoms with van der Waals surface area (Å²) in [5.74, 6) is -1.00. The van der Waals surface area contributed by atoms with Crippen LogP contribution in [0.4, 0.5) is 4.39 Å². The van der Waals surface area contributed by atoms with Crippen LogP contribution in [-0.4, -0.2) is 61.0 Å².